The summed E-state index contributed by atoms with van der Waals surface area (Å²) in [6.45, 7) is 8.38. The van der Waals surface area contributed by atoms with Gasteiger partial charge in [-0.3, -0.25) is 4.79 Å². The Morgan fingerprint density at radius 1 is 1.59 bits per heavy atom. The average Bonchev–Trinajstić information content (AvgIpc) is 2.35. The molecule has 2 unspecified atom stereocenters. The van der Waals surface area contributed by atoms with Crippen molar-refractivity contribution in [1.29, 1.82) is 0 Å². The molecule has 17 heavy (non-hydrogen) atoms. The van der Waals surface area contributed by atoms with E-state index < -0.39 is 0 Å². The number of carbonyl (C=O) groups is 1. The molecular weight excluding hydrogens is 236 g/mol. The Labute approximate surface area is 108 Å². The lowest BCUT2D eigenvalue weighted by Crippen LogP contribution is -2.53. The first-order valence-electron chi connectivity index (χ1n) is 6.34. The van der Waals surface area contributed by atoms with E-state index in [9.17, 15) is 4.79 Å². The molecule has 0 bridgehead atoms. The van der Waals surface area contributed by atoms with E-state index in [1.165, 1.54) is 0 Å². The summed E-state index contributed by atoms with van der Waals surface area (Å²) in [5.74, 6) is 2.46. The smallest absolute Gasteiger partial charge is 0.238 e. The first-order chi connectivity index (χ1) is 8.15. The monoisotopic (exact) mass is 260 g/mol. The van der Waals surface area contributed by atoms with Crippen molar-refractivity contribution in [1.82, 2.24) is 10.6 Å². The summed E-state index contributed by atoms with van der Waals surface area (Å²) in [6, 6.07) is 0.0628. The number of hydrogen-bond donors (Lipinski definition) is 2. The number of ether oxygens (including phenoxy) is 1. The lowest BCUT2D eigenvalue weighted by Gasteiger charge is -2.27. The molecule has 4 nitrogen and oxygen atoms in total. The second kappa shape index (κ2) is 7.95. The van der Waals surface area contributed by atoms with E-state index >= 15 is 0 Å². The van der Waals surface area contributed by atoms with Gasteiger partial charge in [0, 0.05) is 24.7 Å². The molecule has 0 aliphatic carbocycles. The minimum atomic E-state index is -0.0448. The fourth-order valence-corrected chi connectivity index (χ4v) is 2.60. The van der Waals surface area contributed by atoms with E-state index in [1.54, 1.807) is 0 Å². The Hall–Kier alpha value is -0.260. The predicted octanol–water partition coefficient (Wildman–Crippen LogP) is 0.869. The van der Waals surface area contributed by atoms with Crippen LogP contribution in [0.4, 0.5) is 0 Å². The van der Waals surface area contributed by atoms with Crippen LogP contribution in [0.15, 0.2) is 0 Å². The Bertz CT molecular complexity index is 231. The summed E-state index contributed by atoms with van der Waals surface area (Å²) in [4.78, 5) is 12.0. The minimum Gasteiger partial charge on any atom is -0.380 e. The van der Waals surface area contributed by atoms with Crippen LogP contribution in [0, 0.1) is 5.92 Å². The Morgan fingerprint density at radius 3 is 2.88 bits per heavy atom. The zero-order valence-electron chi connectivity index (χ0n) is 11.0. The maximum Gasteiger partial charge on any atom is 0.238 e. The van der Waals surface area contributed by atoms with Gasteiger partial charge in [0.25, 0.3) is 0 Å². The molecule has 1 rings (SSSR count). The van der Waals surface area contributed by atoms with Gasteiger partial charge in [-0.2, -0.15) is 11.8 Å². The second-order valence-electron chi connectivity index (χ2n) is 4.60. The van der Waals surface area contributed by atoms with Crippen LogP contribution in [0.3, 0.4) is 0 Å². The molecule has 5 heteroatoms. The maximum atomic E-state index is 12.0. The van der Waals surface area contributed by atoms with Crippen LogP contribution in [0.25, 0.3) is 0 Å². The Balaban J connectivity index is 2.39. The molecule has 0 saturated carbocycles. The molecule has 1 aliphatic heterocycles. The maximum absolute atomic E-state index is 12.0. The number of amides is 1. The highest BCUT2D eigenvalue weighted by Gasteiger charge is 2.24. The standard InChI is InChI=1S/C12H24N2O2S/c1-4-16-7-10(9(2)3)14-12(15)11-8-17-6-5-13-11/h9-11,13H,4-8H2,1-3H3,(H,14,15). The SMILES string of the molecule is CCOCC(NC(=O)C1CSCCN1)C(C)C. The van der Waals surface area contributed by atoms with Crippen LogP contribution >= 0.6 is 11.8 Å². The number of carbonyl (C=O) groups excluding carboxylic acids is 1. The molecule has 2 atom stereocenters. The Kier molecular flexibility index (Phi) is 6.92. The van der Waals surface area contributed by atoms with Gasteiger partial charge in [-0.15, -0.1) is 0 Å². The van der Waals surface area contributed by atoms with Crippen molar-refractivity contribution in [2.75, 3.05) is 31.3 Å². The molecule has 1 amide bonds. The summed E-state index contributed by atoms with van der Waals surface area (Å²) < 4.78 is 5.40. The third kappa shape index (κ3) is 5.27. The topological polar surface area (TPSA) is 50.4 Å². The quantitative estimate of drug-likeness (QED) is 0.744. The first kappa shape index (κ1) is 14.8. The average molecular weight is 260 g/mol. The van der Waals surface area contributed by atoms with Crippen molar-refractivity contribution < 1.29 is 9.53 Å². The second-order valence-corrected chi connectivity index (χ2v) is 5.75. The largest absolute Gasteiger partial charge is 0.380 e. The minimum absolute atomic E-state index is 0.0448. The van der Waals surface area contributed by atoms with Gasteiger partial charge in [0.15, 0.2) is 0 Å². The summed E-state index contributed by atoms with van der Waals surface area (Å²) in [5, 5.41) is 6.33. The van der Waals surface area contributed by atoms with E-state index in [1.807, 2.05) is 18.7 Å². The number of nitrogens with one attached hydrogen (secondary N) is 2. The van der Waals surface area contributed by atoms with Gasteiger partial charge >= 0.3 is 0 Å². The van der Waals surface area contributed by atoms with E-state index in [0.717, 1.165) is 18.1 Å². The zero-order valence-corrected chi connectivity index (χ0v) is 11.8. The highest BCUT2D eigenvalue weighted by molar-refractivity contribution is 7.99. The number of thioether (sulfide) groups is 1. The third-order valence-electron chi connectivity index (χ3n) is 2.87. The zero-order chi connectivity index (χ0) is 12.7. The van der Waals surface area contributed by atoms with Crippen molar-refractivity contribution in [2.45, 2.75) is 32.9 Å². The lowest BCUT2D eigenvalue weighted by atomic mass is 10.0. The molecule has 1 aliphatic rings. The van der Waals surface area contributed by atoms with Gasteiger partial charge in [-0.1, -0.05) is 13.8 Å². The van der Waals surface area contributed by atoms with E-state index in [0.29, 0.717) is 19.1 Å². The molecule has 0 aromatic heterocycles. The van der Waals surface area contributed by atoms with Crippen molar-refractivity contribution in [3.05, 3.63) is 0 Å². The molecule has 0 spiro atoms. The Morgan fingerprint density at radius 2 is 2.35 bits per heavy atom. The molecule has 1 heterocycles. The summed E-state index contributed by atoms with van der Waals surface area (Å²) in [6.07, 6.45) is 0. The lowest BCUT2D eigenvalue weighted by molar-refractivity contribution is -0.124. The molecule has 1 saturated heterocycles. The van der Waals surface area contributed by atoms with Gasteiger partial charge < -0.3 is 15.4 Å². The van der Waals surface area contributed by atoms with Crippen LogP contribution in [-0.4, -0.2) is 49.3 Å². The van der Waals surface area contributed by atoms with Gasteiger partial charge in [-0.25, -0.2) is 0 Å². The highest BCUT2D eigenvalue weighted by Crippen LogP contribution is 2.09. The predicted molar refractivity (Wildman–Crippen MR) is 72.4 cm³/mol. The fraction of sp³-hybridized carbons (Fsp3) is 0.917. The van der Waals surface area contributed by atoms with E-state index in [4.69, 9.17) is 4.74 Å². The van der Waals surface area contributed by atoms with Crippen molar-refractivity contribution in [3.8, 4) is 0 Å². The van der Waals surface area contributed by atoms with Crippen LogP contribution in [0.5, 0.6) is 0 Å². The first-order valence-corrected chi connectivity index (χ1v) is 7.49. The summed E-state index contributed by atoms with van der Waals surface area (Å²) >= 11 is 1.83. The van der Waals surface area contributed by atoms with Gasteiger partial charge in [0.1, 0.15) is 0 Å². The fourth-order valence-electron chi connectivity index (χ4n) is 1.66. The summed E-state index contributed by atoms with van der Waals surface area (Å²) in [7, 11) is 0. The van der Waals surface area contributed by atoms with Crippen molar-refractivity contribution in [2.24, 2.45) is 5.92 Å². The van der Waals surface area contributed by atoms with Gasteiger partial charge in [0.05, 0.1) is 18.7 Å². The normalized spacial score (nSPS) is 22.5. The summed E-state index contributed by atoms with van der Waals surface area (Å²) in [5.41, 5.74) is 0. The number of rotatable bonds is 6. The number of hydrogen-bond acceptors (Lipinski definition) is 4. The van der Waals surface area contributed by atoms with Crippen LogP contribution < -0.4 is 10.6 Å². The molecule has 100 valence electrons. The van der Waals surface area contributed by atoms with Gasteiger partial charge in [0.2, 0.25) is 5.91 Å². The van der Waals surface area contributed by atoms with E-state index in [2.05, 4.69) is 24.5 Å². The van der Waals surface area contributed by atoms with Crippen molar-refractivity contribution >= 4 is 17.7 Å². The third-order valence-corrected chi connectivity index (χ3v) is 3.93. The molecule has 2 N–H and O–H groups in total. The molecule has 0 aromatic rings. The highest BCUT2D eigenvalue weighted by atomic mass is 32.2. The van der Waals surface area contributed by atoms with Crippen LogP contribution in [0.2, 0.25) is 0 Å². The molecule has 0 aromatic carbocycles. The molecular formula is C12H24N2O2S. The van der Waals surface area contributed by atoms with Crippen molar-refractivity contribution in [3.63, 3.8) is 0 Å². The van der Waals surface area contributed by atoms with E-state index in [-0.39, 0.29) is 18.0 Å². The molecule has 0 radical (unpaired) electrons. The molecule has 1 fully saturated rings. The van der Waals surface area contributed by atoms with Crippen LogP contribution in [0.1, 0.15) is 20.8 Å². The van der Waals surface area contributed by atoms with Gasteiger partial charge in [-0.05, 0) is 12.8 Å². The van der Waals surface area contributed by atoms with Crippen LogP contribution in [-0.2, 0) is 9.53 Å².